The number of hydrogen-bond acceptors (Lipinski definition) is 3. The van der Waals surface area contributed by atoms with E-state index in [1.54, 1.807) is 12.1 Å². The fourth-order valence-electron chi connectivity index (χ4n) is 1.67. The summed E-state index contributed by atoms with van der Waals surface area (Å²) in [7, 11) is 0. The lowest BCUT2D eigenvalue weighted by atomic mass is 10.2. The van der Waals surface area contributed by atoms with E-state index in [4.69, 9.17) is 5.26 Å². The van der Waals surface area contributed by atoms with E-state index in [0.717, 1.165) is 11.4 Å². The highest BCUT2D eigenvalue weighted by molar-refractivity contribution is 5.57. The third-order valence-electron chi connectivity index (χ3n) is 2.53. The molecule has 0 aliphatic carbocycles. The van der Waals surface area contributed by atoms with E-state index in [2.05, 4.69) is 10.3 Å². The Kier molecular flexibility index (Phi) is 3.54. The third-order valence-corrected chi connectivity index (χ3v) is 2.53. The minimum atomic E-state index is -0.514. The second-order valence-electron chi connectivity index (χ2n) is 3.90. The number of aryl methyl sites for hydroxylation is 1. The quantitative estimate of drug-likeness (QED) is 0.898. The van der Waals surface area contributed by atoms with Crippen LogP contribution in [-0.2, 0) is 6.54 Å². The van der Waals surface area contributed by atoms with Gasteiger partial charge in [0, 0.05) is 5.69 Å². The first-order valence-corrected chi connectivity index (χ1v) is 5.55. The first kappa shape index (κ1) is 12.1. The number of pyridine rings is 1. The van der Waals surface area contributed by atoms with Crippen molar-refractivity contribution >= 4 is 5.69 Å². The van der Waals surface area contributed by atoms with Gasteiger partial charge in [-0.3, -0.25) is 4.98 Å². The smallest absolute Gasteiger partial charge is 0.143 e. The molecule has 0 saturated carbocycles. The van der Waals surface area contributed by atoms with Crippen LogP contribution in [0.15, 0.2) is 36.4 Å². The molecule has 0 radical (unpaired) electrons. The maximum Gasteiger partial charge on any atom is 0.143 e. The van der Waals surface area contributed by atoms with Crippen LogP contribution in [0, 0.1) is 24.1 Å². The predicted molar refractivity (Wildman–Crippen MR) is 67.4 cm³/mol. The third kappa shape index (κ3) is 2.64. The molecular weight excluding hydrogens is 229 g/mol. The van der Waals surface area contributed by atoms with Crippen molar-refractivity contribution in [3.05, 3.63) is 59.2 Å². The van der Waals surface area contributed by atoms with Gasteiger partial charge < -0.3 is 5.32 Å². The monoisotopic (exact) mass is 241 g/mol. The first-order chi connectivity index (χ1) is 8.70. The second kappa shape index (κ2) is 5.28. The zero-order chi connectivity index (χ0) is 13.0. The van der Waals surface area contributed by atoms with Gasteiger partial charge in [0.2, 0.25) is 0 Å². The van der Waals surface area contributed by atoms with Crippen molar-refractivity contribution in [1.29, 1.82) is 5.26 Å². The molecule has 0 aliphatic heterocycles. The van der Waals surface area contributed by atoms with Crippen LogP contribution in [0.5, 0.6) is 0 Å². The van der Waals surface area contributed by atoms with E-state index in [1.807, 2.05) is 31.2 Å². The van der Waals surface area contributed by atoms with Gasteiger partial charge in [-0.25, -0.2) is 4.39 Å². The molecule has 3 nitrogen and oxygen atoms in total. The summed E-state index contributed by atoms with van der Waals surface area (Å²) in [5.74, 6) is -0.514. The molecule has 1 heterocycles. The molecule has 0 amide bonds. The molecule has 1 N–H and O–H groups in total. The van der Waals surface area contributed by atoms with Crippen LogP contribution in [0.25, 0.3) is 0 Å². The summed E-state index contributed by atoms with van der Waals surface area (Å²) in [5.41, 5.74) is 2.29. The predicted octanol–water partition coefficient (Wildman–Crippen LogP) is 3.01. The number of aromatic nitrogens is 1. The fourth-order valence-corrected chi connectivity index (χ4v) is 1.67. The summed E-state index contributed by atoms with van der Waals surface area (Å²) in [4.78, 5) is 4.33. The maximum absolute atomic E-state index is 13.4. The summed E-state index contributed by atoms with van der Waals surface area (Å²) < 4.78 is 13.4. The summed E-state index contributed by atoms with van der Waals surface area (Å²) in [6.07, 6.45) is 0. The highest BCUT2D eigenvalue weighted by Crippen LogP contribution is 2.18. The molecule has 1 aromatic heterocycles. The Bertz CT molecular complexity index is 602. The van der Waals surface area contributed by atoms with Gasteiger partial charge in [0.15, 0.2) is 0 Å². The molecule has 90 valence electrons. The lowest BCUT2D eigenvalue weighted by Crippen LogP contribution is -2.04. The highest BCUT2D eigenvalue weighted by Gasteiger charge is 2.07. The van der Waals surface area contributed by atoms with Gasteiger partial charge in [-0.2, -0.15) is 5.26 Å². The van der Waals surface area contributed by atoms with Crippen LogP contribution in [0.4, 0.5) is 10.1 Å². The van der Waals surface area contributed by atoms with Crippen LogP contribution in [-0.4, -0.2) is 4.98 Å². The zero-order valence-corrected chi connectivity index (χ0v) is 9.94. The van der Waals surface area contributed by atoms with Crippen LogP contribution in [0.3, 0.4) is 0 Å². The molecule has 0 saturated heterocycles. The minimum absolute atomic E-state index is 0.0325. The molecule has 0 aliphatic rings. The van der Waals surface area contributed by atoms with E-state index < -0.39 is 5.82 Å². The Morgan fingerprint density at radius 1 is 1.28 bits per heavy atom. The second-order valence-corrected chi connectivity index (χ2v) is 3.90. The standard InChI is InChI=1S/C14H12FN3/c1-10-4-2-5-11(18-10)9-17-14-7-3-6-13(15)12(14)8-16/h2-7,17H,9H2,1H3. The average molecular weight is 241 g/mol. The van der Waals surface area contributed by atoms with E-state index in [1.165, 1.54) is 6.07 Å². The van der Waals surface area contributed by atoms with Gasteiger partial charge in [-0.15, -0.1) is 0 Å². The van der Waals surface area contributed by atoms with E-state index in [9.17, 15) is 4.39 Å². The molecule has 2 aromatic rings. The van der Waals surface area contributed by atoms with E-state index in [0.29, 0.717) is 12.2 Å². The van der Waals surface area contributed by atoms with Crippen molar-refractivity contribution in [3.63, 3.8) is 0 Å². The van der Waals surface area contributed by atoms with Crippen molar-refractivity contribution in [3.8, 4) is 6.07 Å². The number of halogens is 1. The number of hydrogen-bond donors (Lipinski definition) is 1. The van der Waals surface area contributed by atoms with Crippen molar-refractivity contribution in [2.24, 2.45) is 0 Å². The lowest BCUT2D eigenvalue weighted by Gasteiger charge is -2.08. The van der Waals surface area contributed by atoms with E-state index >= 15 is 0 Å². The molecule has 0 unspecified atom stereocenters. The Hall–Kier alpha value is -2.41. The van der Waals surface area contributed by atoms with E-state index in [-0.39, 0.29) is 5.56 Å². The van der Waals surface area contributed by atoms with Crippen molar-refractivity contribution in [1.82, 2.24) is 4.98 Å². The number of nitrogens with one attached hydrogen (secondary N) is 1. The van der Waals surface area contributed by atoms with Crippen LogP contribution in [0.1, 0.15) is 17.0 Å². The summed E-state index contributed by atoms with van der Waals surface area (Å²) in [6.45, 7) is 2.37. The fraction of sp³-hybridized carbons (Fsp3) is 0.143. The van der Waals surface area contributed by atoms with Crippen molar-refractivity contribution in [2.75, 3.05) is 5.32 Å². The normalized spacial score (nSPS) is 9.83. The van der Waals surface area contributed by atoms with Gasteiger partial charge in [0.05, 0.1) is 17.9 Å². The molecule has 0 bridgehead atoms. The minimum Gasteiger partial charge on any atom is -0.378 e. The van der Waals surface area contributed by atoms with Gasteiger partial charge in [0.25, 0.3) is 0 Å². The number of nitriles is 1. The van der Waals surface area contributed by atoms with Gasteiger partial charge in [0.1, 0.15) is 17.4 Å². The van der Waals surface area contributed by atoms with Crippen molar-refractivity contribution in [2.45, 2.75) is 13.5 Å². The molecule has 0 spiro atoms. The zero-order valence-electron chi connectivity index (χ0n) is 9.94. The largest absolute Gasteiger partial charge is 0.378 e. The van der Waals surface area contributed by atoms with Crippen molar-refractivity contribution < 1.29 is 4.39 Å². The number of benzene rings is 1. The van der Waals surface area contributed by atoms with Gasteiger partial charge >= 0.3 is 0 Å². The molecule has 4 heteroatoms. The van der Waals surface area contributed by atoms with Crippen LogP contribution >= 0.6 is 0 Å². The van der Waals surface area contributed by atoms with Gasteiger partial charge in [-0.05, 0) is 31.2 Å². The molecule has 0 fully saturated rings. The number of anilines is 1. The summed E-state index contributed by atoms with van der Waals surface area (Å²) >= 11 is 0. The SMILES string of the molecule is Cc1cccc(CNc2cccc(F)c2C#N)n1. The molecule has 2 rings (SSSR count). The first-order valence-electron chi connectivity index (χ1n) is 5.55. The van der Waals surface area contributed by atoms with Crippen LogP contribution in [0.2, 0.25) is 0 Å². The molecule has 1 aromatic carbocycles. The summed E-state index contributed by atoms with van der Waals surface area (Å²) in [5, 5.41) is 11.9. The number of rotatable bonds is 3. The molecule has 18 heavy (non-hydrogen) atoms. The Morgan fingerprint density at radius 2 is 2.06 bits per heavy atom. The topological polar surface area (TPSA) is 48.7 Å². The summed E-state index contributed by atoms with van der Waals surface area (Å²) in [6, 6.07) is 12.1. The van der Waals surface area contributed by atoms with Crippen LogP contribution < -0.4 is 5.32 Å². The Morgan fingerprint density at radius 3 is 2.78 bits per heavy atom. The highest BCUT2D eigenvalue weighted by atomic mass is 19.1. The maximum atomic E-state index is 13.4. The average Bonchev–Trinajstić information content (AvgIpc) is 2.36. The van der Waals surface area contributed by atoms with Gasteiger partial charge in [-0.1, -0.05) is 12.1 Å². The molecular formula is C14H12FN3. The number of nitrogens with zero attached hydrogens (tertiary/aromatic N) is 2. The lowest BCUT2D eigenvalue weighted by molar-refractivity contribution is 0.624. The Balaban J connectivity index is 2.16. The Labute approximate surface area is 105 Å². The molecule has 0 atom stereocenters.